The molecule has 0 amide bonds. The Morgan fingerprint density at radius 3 is 2.05 bits per heavy atom. The van der Waals surface area contributed by atoms with E-state index >= 15 is 0 Å². The minimum atomic E-state index is 0. The summed E-state index contributed by atoms with van der Waals surface area (Å²) in [5.41, 5.74) is 2.31. The van der Waals surface area contributed by atoms with Crippen LogP contribution in [0.1, 0.15) is 0 Å². The van der Waals surface area contributed by atoms with Crippen molar-refractivity contribution in [2.45, 2.75) is 0 Å². The quantitative estimate of drug-likeness (QED) is 0.352. The van der Waals surface area contributed by atoms with E-state index in [1.807, 2.05) is 48.5 Å². The number of para-hydroxylation sites is 1. The molecule has 0 fully saturated rings. The molecule has 0 aliphatic carbocycles. The molecule has 3 aromatic carbocycles. The van der Waals surface area contributed by atoms with Gasteiger partial charge in [-0.1, -0.05) is 12.1 Å². The Labute approximate surface area is 133 Å². The van der Waals surface area contributed by atoms with Crippen molar-refractivity contribution < 1.29 is 17.1 Å². The summed E-state index contributed by atoms with van der Waals surface area (Å²) in [5, 5.41) is 1.11. The van der Waals surface area contributed by atoms with Crippen LogP contribution in [0.15, 0.2) is 78.9 Å². The van der Waals surface area contributed by atoms with Crippen LogP contribution in [0.25, 0.3) is 20.8 Å². The van der Waals surface area contributed by atoms with Gasteiger partial charge in [-0.3, -0.25) is 0 Å². The molecule has 0 atom stereocenters. The number of hydrogen-bond acceptors (Lipinski definition) is 2. The van der Waals surface area contributed by atoms with Crippen LogP contribution in [0, 0.1) is 0 Å². The van der Waals surface area contributed by atoms with Gasteiger partial charge in [0, 0.05) is 17.1 Å². The van der Waals surface area contributed by atoms with Crippen molar-refractivity contribution in [1.29, 1.82) is 0 Å². The van der Waals surface area contributed by atoms with Crippen LogP contribution in [0.4, 0.5) is 0 Å². The Morgan fingerprint density at radius 2 is 1.45 bits per heavy atom. The fraction of sp³-hybridized carbons (Fsp3) is 0. The van der Waals surface area contributed by atoms with Crippen LogP contribution in [0.5, 0.6) is 0 Å². The summed E-state index contributed by atoms with van der Waals surface area (Å²) < 4.78 is 1.25. The van der Waals surface area contributed by atoms with Gasteiger partial charge in [-0.15, -0.1) is 16.9 Å². The normalized spacial score (nSPS) is 9.60. The Hall–Kier alpha value is -1.67. The number of benzene rings is 1. The van der Waals surface area contributed by atoms with Crippen molar-refractivity contribution in [2.75, 3.05) is 0 Å². The SMILES string of the molecule is [Fe].[cH-]1[cH-][cH-][cH-][cH-]1.c1ccc2sc(-[c-]3cccc3)nc2c1. The van der Waals surface area contributed by atoms with E-state index < -0.39 is 0 Å². The second-order valence-electron chi connectivity index (χ2n) is 4.12. The Morgan fingerprint density at radius 1 is 0.850 bits per heavy atom. The zero-order valence-electron chi connectivity index (χ0n) is 10.7. The minimum Gasteiger partial charge on any atom is -0.748 e. The number of rotatable bonds is 1. The van der Waals surface area contributed by atoms with Gasteiger partial charge in [-0.05, 0) is 12.1 Å². The van der Waals surface area contributed by atoms with Gasteiger partial charge < -0.3 is 30.3 Å². The molecule has 106 valence electrons. The molecule has 0 aliphatic heterocycles. The van der Waals surface area contributed by atoms with Crippen LogP contribution >= 0.6 is 11.3 Å². The van der Waals surface area contributed by atoms with Gasteiger partial charge in [-0.2, -0.15) is 12.1 Å². The molecule has 1 heterocycles. The molecule has 0 saturated heterocycles. The topological polar surface area (TPSA) is 12.9 Å². The standard InChI is InChI=1S/C12H8NS.C5H5.Fe/c1-2-6-9(5-1)12-13-10-7-3-4-8-11(10)14-12;1-2-4-5-3-1;/h1-8H;1-5H;/q-1;-5;. The van der Waals surface area contributed by atoms with Crippen LogP contribution in [-0.4, -0.2) is 4.98 Å². The summed E-state index contributed by atoms with van der Waals surface area (Å²) in [7, 11) is 0. The van der Waals surface area contributed by atoms with Crippen molar-refractivity contribution >= 4 is 21.6 Å². The molecule has 0 N–H and O–H groups in total. The maximum absolute atomic E-state index is 4.57. The molecule has 4 aromatic rings. The summed E-state index contributed by atoms with van der Waals surface area (Å²) in [4.78, 5) is 4.57. The first-order chi connectivity index (χ1) is 9.43. The van der Waals surface area contributed by atoms with Gasteiger partial charge in [0.15, 0.2) is 0 Å². The second-order valence-corrected chi connectivity index (χ2v) is 5.15. The van der Waals surface area contributed by atoms with E-state index in [2.05, 4.69) is 35.3 Å². The molecule has 4 rings (SSSR count). The van der Waals surface area contributed by atoms with E-state index in [1.165, 1.54) is 10.3 Å². The van der Waals surface area contributed by atoms with Gasteiger partial charge in [0.05, 0.1) is 15.2 Å². The van der Waals surface area contributed by atoms with Gasteiger partial charge >= 0.3 is 0 Å². The third kappa shape index (κ3) is 3.45. The summed E-state index contributed by atoms with van der Waals surface area (Å²) in [6.07, 6.45) is 0. The number of thiazole rings is 1. The van der Waals surface area contributed by atoms with E-state index in [-0.39, 0.29) is 17.1 Å². The molecule has 0 saturated carbocycles. The summed E-state index contributed by atoms with van der Waals surface area (Å²) in [5.74, 6) is 0. The zero-order valence-corrected chi connectivity index (χ0v) is 12.6. The predicted molar refractivity (Wildman–Crippen MR) is 82.7 cm³/mol. The smallest absolute Gasteiger partial charge is 0.0806 e. The van der Waals surface area contributed by atoms with E-state index in [0.717, 1.165) is 10.5 Å². The predicted octanol–water partition coefficient (Wildman–Crippen LogP) is 5.09. The molecule has 1 nitrogen and oxygen atoms in total. The van der Waals surface area contributed by atoms with Crippen molar-refractivity contribution in [3.8, 4) is 10.6 Å². The first kappa shape index (κ1) is 14.7. The maximum Gasteiger partial charge on any atom is 0.0806 e. The molecule has 20 heavy (non-hydrogen) atoms. The van der Waals surface area contributed by atoms with Crippen molar-refractivity contribution in [2.24, 2.45) is 0 Å². The average Bonchev–Trinajstić information content (AvgIpc) is 3.20. The monoisotopic (exact) mass is 319 g/mol. The van der Waals surface area contributed by atoms with Crippen LogP contribution in [-0.2, 0) is 17.1 Å². The first-order valence-electron chi connectivity index (χ1n) is 6.18. The molecule has 1 aromatic heterocycles. The Balaban J connectivity index is 0.000000210. The van der Waals surface area contributed by atoms with E-state index in [9.17, 15) is 0 Å². The molecule has 0 unspecified atom stereocenters. The van der Waals surface area contributed by atoms with Crippen LogP contribution in [0.3, 0.4) is 0 Å². The van der Waals surface area contributed by atoms with E-state index in [1.54, 1.807) is 11.3 Å². The van der Waals surface area contributed by atoms with Gasteiger partial charge in [-0.25, -0.2) is 17.1 Å². The molecule has 0 bridgehead atoms. The molecule has 3 heteroatoms. The fourth-order valence-electron chi connectivity index (χ4n) is 1.83. The van der Waals surface area contributed by atoms with Crippen LogP contribution < -0.4 is 0 Å². The molecular weight excluding hydrogens is 306 g/mol. The zero-order chi connectivity index (χ0) is 12.9. The average molecular weight is 319 g/mol. The largest absolute Gasteiger partial charge is 0.748 e. The van der Waals surface area contributed by atoms with E-state index in [0.29, 0.717) is 0 Å². The van der Waals surface area contributed by atoms with Gasteiger partial charge in [0.25, 0.3) is 0 Å². The van der Waals surface area contributed by atoms with Crippen molar-refractivity contribution in [3.63, 3.8) is 0 Å². The van der Waals surface area contributed by atoms with Crippen molar-refractivity contribution in [3.05, 3.63) is 78.9 Å². The maximum atomic E-state index is 4.57. The summed E-state index contributed by atoms with van der Waals surface area (Å²) in [6, 6.07) is 26.5. The third-order valence-electron chi connectivity index (χ3n) is 2.76. The molecule has 0 aliphatic rings. The fourth-order valence-corrected chi connectivity index (χ4v) is 2.80. The number of aromatic nitrogens is 1. The molecule has 0 spiro atoms. The summed E-state index contributed by atoms with van der Waals surface area (Å²) >= 11 is 1.74. The molecule has 0 radical (unpaired) electrons. The van der Waals surface area contributed by atoms with E-state index in [4.69, 9.17) is 0 Å². The van der Waals surface area contributed by atoms with Crippen LogP contribution in [0.2, 0.25) is 0 Å². The number of hydrogen-bond donors (Lipinski definition) is 0. The van der Waals surface area contributed by atoms with Crippen molar-refractivity contribution in [1.82, 2.24) is 4.98 Å². The van der Waals surface area contributed by atoms with Gasteiger partial charge in [0.1, 0.15) is 0 Å². The first-order valence-corrected chi connectivity index (χ1v) is 6.99. The Bertz CT molecular complexity index is 673. The Kier molecular flexibility index (Phi) is 5.31. The number of nitrogens with zero attached hydrogens (tertiary/aromatic N) is 1. The number of fused-ring (bicyclic) bond motifs is 1. The molecular formula is C17H13FeNS-6. The summed E-state index contributed by atoms with van der Waals surface area (Å²) in [6.45, 7) is 0. The minimum absolute atomic E-state index is 0. The second kappa shape index (κ2) is 7.20. The third-order valence-corrected chi connectivity index (χ3v) is 3.84. The van der Waals surface area contributed by atoms with Gasteiger partial charge in [0.2, 0.25) is 0 Å².